The highest BCUT2D eigenvalue weighted by Crippen LogP contribution is 2.54. The molecule has 6 heteroatoms. The summed E-state index contributed by atoms with van der Waals surface area (Å²) in [6.07, 6.45) is -2.43. The van der Waals surface area contributed by atoms with Crippen LogP contribution in [0.1, 0.15) is 29.7 Å². The Hall–Kier alpha value is -2.31. The number of alkyl halides is 2. The van der Waals surface area contributed by atoms with Crippen LogP contribution in [0.2, 0.25) is 0 Å². The average Bonchev–Trinajstić information content (AvgIpc) is 3.11. The summed E-state index contributed by atoms with van der Waals surface area (Å²) in [5.41, 5.74) is 0.290. The van der Waals surface area contributed by atoms with Crippen LogP contribution in [0.15, 0.2) is 48.5 Å². The van der Waals surface area contributed by atoms with Crippen molar-refractivity contribution in [3.8, 4) is 0 Å². The molecule has 1 N–H and O–H groups in total. The van der Waals surface area contributed by atoms with E-state index >= 15 is 8.78 Å². The molecule has 2 aromatic carbocycles. The fourth-order valence-electron chi connectivity index (χ4n) is 5.48. The molecule has 0 saturated heterocycles. The van der Waals surface area contributed by atoms with Crippen molar-refractivity contribution in [2.24, 2.45) is 0 Å². The number of hydrogen-bond acceptors (Lipinski definition) is 2. The van der Waals surface area contributed by atoms with E-state index in [9.17, 15) is 4.39 Å². The zero-order valence-electron chi connectivity index (χ0n) is 17.1. The van der Waals surface area contributed by atoms with Gasteiger partial charge in [-0.15, -0.1) is 0 Å². The number of aromatic amines is 1. The van der Waals surface area contributed by atoms with Gasteiger partial charge >= 0.3 is 0 Å². The van der Waals surface area contributed by atoms with Gasteiger partial charge in [-0.05, 0) is 49.8 Å². The lowest BCUT2D eigenvalue weighted by Gasteiger charge is -2.53. The van der Waals surface area contributed by atoms with Crippen molar-refractivity contribution in [2.45, 2.75) is 42.7 Å². The standard InChI is InChI=1S/C24H25F3N2O/c1-29(2)23(15-6-4-3-5-7-15)13-20(26)24(21(27)14-23)22-17(10-11-30-24)18-12-16(25)8-9-19(18)28-22/h3-9,12,20-21,28H,10-11,13-14H2,1-2H3. The Labute approximate surface area is 173 Å². The van der Waals surface area contributed by atoms with E-state index in [1.54, 1.807) is 6.07 Å². The van der Waals surface area contributed by atoms with E-state index in [-0.39, 0.29) is 25.3 Å². The SMILES string of the molecule is CN(C)C1(c2ccccc2)CC(F)C2(OCCc3c2[nH]c2ccc(F)cc32)C(F)C1. The van der Waals surface area contributed by atoms with Crippen LogP contribution in [0.5, 0.6) is 0 Å². The third-order valence-corrected chi connectivity index (χ3v) is 7.08. The highest BCUT2D eigenvalue weighted by atomic mass is 19.1. The first-order valence-electron chi connectivity index (χ1n) is 10.3. The van der Waals surface area contributed by atoms with Gasteiger partial charge in [-0.1, -0.05) is 30.3 Å². The molecule has 2 aliphatic rings. The summed E-state index contributed by atoms with van der Waals surface area (Å²) in [4.78, 5) is 5.09. The monoisotopic (exact) mass is 414 g/mol. The highest BCUT2D eigenvalue weighted by Gasteiger charge is 2.61. The lowest BCUT2D eigenvalue weighted by atomic mass is 9.66. The zero-order valence-corrected chi connectivity index (χ0v) is 17.1. The number of rotatable bonds is 2. The van der Waals surface area contributed by atoms with Crippen molar-refractivity contribution < 1.29 is 17.9 Å². The number of hydrogen-bond donors (Lipinski definition) is 1. The van der Waals surface area contributed by atoms with Gasteiger partial charge in [-0.3, -0.25) is 4.90 Å². The van der Waals surface area contributed by atoms with E-state index in [1.165, 1.54) is 12.1 Å². The van der Waals surface area contributed by atoms with Gasteiger partial charge in [0.25, 0.3) is 0 Å². The van der Waals surface area contributed by atoms with E-state index in [1.807, 2.05) is 49.3 Å². The maximum atomic E-state index is 16.1. The Morgan fingerprint density at radius 2 is 1.73 bits per heavy atom. The molecule has 1 saturated carbocycles. The molecule has 1 aliphatic carbocycles. The maximum Gasteiger partial charge on any atom is 0.170 e. The average molecular weight is 414 g/mol. The molecule has 2 unspecified atom stereocenters. The second-order valence-corrected chi connectivity index (χ2v) is 8.70. The summed E-state index contributed by atoms with van der Waals surface area (Å²) >= 11 is 0. The fourth-order valence-corrected chi connectivity index (χ4v) is 5.48. The second kappa shape index (κ2) is 6.86. The first kappa shape index (κ1) is 19.6. The van der Waals surface area contributed by atoms with E-state index in [0.29, 0.717) is 23.0 Å². The smallest absolute Gasteiger partial charge is 0.170 e. The minimum atomic E-state index is -1.70. The predicted molar refractivity (Wildman–Crippen MR) is 110 cm³/mol. The van der Waals surface area contributed by atoms with Crippen molar-refractivity contribution in [3.63, 3.8) is 0 Å². The Morgan fingerprint density at radius 3 is 2.40 bits per heavy atom. The predicted octanol–water partition coefficient (Wildman–Crippen LogP) is 5.00. The normalized spacial score (nSPS) is 31.4. The van der Waals surface area contributed by atoms with Crippen molar-refractivity contribution in [1.29, 1.82) is 0 Å². The molecule has 0 amide bonds. The number of nitrogens with one attached hydrogen (secondary N) is 1. The molecular formula is C24H25F3N2O. The van der Waals surface area contributed by atoms with Crippen LogP contribution >= 0.6 is 0 Å². The Morgan fingerprint density at radius 1 is 1.03 bits per heavy atom. The molecule has 1 aromatic heterocycles. The minimum absolute atomic E-state index is 0.105. The molecule has 5 rings (SSSR count). The van der Waals surface area contributed by atoms with Gasteiger partial charge in [0.05, 0.1) is 17.8 Å². The Kier molecular flexibility index (Phi) is 4.49. The third kappa shape index (κ3) is 2.59. The van der Waals surface area contributed by atoms with Gasteiger partial charge in [0.15, 0.2) is 5.60 Å². The molecule has 3 nitrogen and oxygen atoms in total. The van der Waals surface area contributed by atoms with Gasteiger partial charge in [0, 0.05) is 23.7 Å². The molecular weight excluding hydrogens is 389 g/mol. The van der Waals surface area contributed by atoms with Crippen LogP contribution in [-0.4, -0.2) is 42.9 Å². The summed E-state index contributed by atoms with van der Waals surface area (Å²) in [5, 5.41) is 0.680. The number of fused-ring (bicyclic) bond motifs is 4. The van der Waals surface area contributed by atoms with Gasteiger partial charge in [-0.25, -0.2) is 13.2 Å². The van der Waals surface area contributed by atoms with Crippen LogP contribution < -0.4 is 0 Å². The van der Waals surface area contributed by atoms with Crippen molar-refractivity contribution in [3.05, 3.63) is 71.2 Å². The fraction of sp³-hybridized carbons (Fsp3) is 0.417. The topological polar surface area (TPSA) is 28.3 Å². The van der Waals surface area contributed by atoms with Crippen LogP contribution in [0.4, 0.5) is 13.2 Å². The van der Waals surface area contributed by atoms with Crippen molar-refractivity contribution in [1.82, 2.24) is 9.88 Å². The number of ether oxygens (including phenoxy) is 1. The van der Waals surface area contributed by atoms with Crippen LogP contribution in [-0.2, 0) is 22.3 Å². The van der Waals surface area contributed by atoms with Crippen molar-refractivity contribution in [2.75, 3.05) is 20.7 Å². The molecule has 1 aliphatic heterocycles. The first-order valence-corrected chi connectivity index (χ1v) is 10.3. The zero-order chi connectivity index (χ0) is 21.1. The van der Waals surface area contributed by atoms with Gasteiger partial charge < -0.3 is 9.72 Å². The molecule has 0 radical (unpaired) electrons. The second-order valence-electron chi connectivity index (χ2n) is 8.70. The minimum Gasteiger partial charge on any atom is -0.362 e. The molecule has 158 valence electrons. The lowest BCUT2D eigenvalue weighted by molar-refractivity contribution is -0.198. The summed E-state index contributed by atoms with van der Waals surface area (Å²) in [7, 11) is 3.73. The van der Waals surface area contributed by atoms with E-state index in [2.05, 4.69) is 4.98 Å². The number of H-pyrrole nitrogens is 1. The lowest BCUT2D eigenvalue weighted by Crippen LogP contribution is -2.61. The quantitative estimate of drug-likeness (QED) is 0.639. The van der Waals surface area contributed by atoms with E-state index < -0.39 is 23.5 Å². The molecule has 1 fully saturated rings. The van der Waals surface area contributed by atoms with Gasteiger partial charge in [0.1, 0.15) is 18.2 Å². The first-order chi connectivity index (χ1) is 14.4. The van der Waals surface area contributed by atoms with Gasteiger partial charge in [-0.2, -0.15) is 0 Å². The summed E-state index contributed by atoms with van der Waals surface area (Å²) in [6, 6.07) is 13.9. The van der Waals surface area contributed by atoms with E-state index in [0.717, 1.165) is 11.1 Å². The number of benzene rings is 2. The third-order valence-electron chi connectivity index (χ3n) is 7.08. The Balaban J connectivity index is 1.64. The maximum absolute atomic E-state index is 16.1. The van der Waals surface area contributed by atoms with Crippen LogP contribution in [0.3, 0.4) is 0 Å². The van der Waals surface area contributed by atoms with Crippen molar-refractivity contribution >= 4 is 10.9 Å². The number of aromatic nitrogens is 1. The molecule has 3 aromatic rings. The molecule has 30 heavy (non-hydrogen) atoms. The molecule has 0 bridgehead atoms. The molecule has 1 spiro atoms. The summed E-state index contributed by atoms with van der Waals surface area (Å²) in [5.74, 6) is -0.363. The van der Waals surface area contributed by atoms with Gasteiger partial charge in [0.2, 0.25) is 0 Å². The Bertz CT molecular complexity index is 1070. The van der Waals surface area contributed by atoms with E-state index in [4.69, 9.17) is 4.74 Å². The summed E-state index contributed by atoms with van der Waals surface area (Å²) in [6.45, 7) is 0.206. The number of halogens is 3. The molecule has 2 atom stereocenters. The largest absolute Gasteiger partial charge is 0.362 e. The highest BCUT2D eigenvalue weighted by molar-refractivity contribution is 5.85. The number of nitrogens with zero attached hydrogens (tertiary/aromatic N) is 1. The van der Waals surface area contributed by atoms with Crippen LogP contribution in [0.25, 0.3) is 10.9 Å². The molecule has 2 heterocycles. The van der Waals surface area contributed by atoms with Crippen LogP contribution in [0, 0.1) is 5.82 Å². The summed E-state index contributed by atoms with van der Waals surface area (Å²) < 4.78 is 52.0.